The van der Waals surface area contributed by atoms with Crippen molar-refractivity contribution in [1.82, 2.24) is 0 Å². The largest absolute Gasteiger partial charge is 0.496 e. The van der Waals surface area contributed by atoms with Crippen molar-refractivity contribution in [2.24, 2.45) is 0 Å². The maximum atomic E-state index is 12.6. The van der Waals surface area contributed by atoms with E-state index in [0.29, 0.717) is 36.5 Å². The van der Waals surface area contributed by atoms with Gasteiger partial charge in [0.1, 0.15) is 29.3 Å². The first-order valence-electron chi connectivity index (χ1n) is 11.5. The van der Waals surface area contributed by atoms with Gasteiger partial charge in [-0.25, -0.2) is 4.79 Å². The van der Waals surface area contributed by atoms with Crippen molar-refractivity contribution in [3.8, 4) is 17.6 Å². The second kappa shape index (κ2) is 10.9. The Labute approximate surface area is 199 Å². The van der Waals surface area contributed by atoms with E-state index >= 15 is 0 Å². The van der Waals surface area contributed by atoms with Crippen LogP contribution in [0.1, 0.15) is 46.8 Å². The van der Waals surface area contributed by atoms with E-state index in [1.807, 2.05) is 13.8 Å². The first kappa shape index (κ1) is 27.2. The highest BCUT2D eigenvalue weighted by Gasteiger charge is 2.33. The standard InChI is InChI=1S/C25H38NO5PSi/c1-9-18(14-19(15-26)32(4,5)28)10-11-20-23(29-3)17(2)21-16-31-25(27)22(21)24(20)30-12-13-33(6,7)8/h10,19H,9,11-14,16H2,1-8H3/b18-10+. The highest BCUT2D eigenvalue weighted by atomic mass is 31.2. The average Bonchev–Trinajstić information content (AvgIpc) is 3.10. The Morgan fingerprint density at radius 1 is 1.30 bits per heavy atom. The molecule has 33 heavy (non-hydrogen) atoms. The van der Waals surface area contributed by atoms with E-state index in [1.165, 1.54) is 0 Å². The van der Waals surface area contributed by atoms with Crippen molar-refractivity contribution in [1.29, 1.82) is 5.26 Å². The molecule has 0 saturated carbocycles. The maximum absolute atomic E-state index is 12.6. The number of methoxy groups -OCH3 is 1. The number of cyclic esters (lactones) is 1. The second-order valence-electron chi connectivity index (χ2n) is 10.3. The fraction of sp³-hybridized carbons (Fsp3) is 0.600. The average molecular weight is 492 g/mol. The van der Waals surface area contributed by atoms with E-state index in [4.69, 9.17) is 14.2 Å². The molecule has 182 valence electrons. The Morgan fingerprint density at radius 2 is 1.97 bits per heavy atom. The summed E-state index contributed by atoms with van der Waals surface area (Å²) in [6.07, 6.45) is 3.77. The van der Waals surface area contributed by atoms with E-state index < -0.39 is 20.9 Å². The lowest BCUT2D eigenvalue weighted by Gasteiger charge is -2.22. The molecule has 0 spiro atoms. The summed E-state index contributed by atoms with van der Waals surface area (Å²) in [5.74, 6) is 0.894. The number of rotatable bonds is 11. The number of ether oxygens (including phenoxy) is 3. The van der Waals surface area contributed by atoms with Crippen molar-refractivity contribution in [2.75, 3.05) is 27.0 Å². The van der Waals surface area contributed by atoms with Gasteiger partial charge in [-0.1, -0.05) is 38.2 Å². The Morgan fingerprint density at radius 3 is 2.48 bits per heavy atom. The molecule has 0 aromatic heterocycles. The van der Waals surface area contributed by atoms with Gasteiger partial charge >= 0.3 is 5.97 Å². The summed E-state index contributed by atoms with van der Waals surface area (Å²) >= 11 is 0. The van der Waals surface area contributed by atoms with Gasteiger partial charge in [0.05, 0.1) is 26.9 Å². The van der Waals surface area contributed by atoms with E-state index in [9.17, 15) is 14.6 Å². The lowest BCUT2D eigenvalue weighted by molar-refractivity contribution is 0.0532. The van der Waals surface area contributed by atoms with Gasteiger partial charge in [0.25, 0.3) is 0 Å². The second-order valence-corrected chi connectivity index (χ2v) is 19.4. The van der Waals surface area contributed by atoms with Crippen molar-refractivity contribution < 1.29 is 23.6 Å². The number of fused-ring (bicyclic) bond motifs is 1. The van der Waals surface area contributed by atoms with E-state index in [2.05, 4.69) is 31.8 Å². The van der Waals surface area contributed by atoms with Crippen LogP contribution >= 0.6 is 7.14 Å². The molecule has 0 radical (unpaired) electrons. The molecule has 0 N–H and O–H groups in total. The van der Waals surface area contributed by atoms with Gasteiger partial charge < -0.3 is 18.8 Å². The molecule has 0 bridgehead atoms. The molecule has 8 heteroatoms. The molecule has 1 heterocycles. The van der Waals surface area contributed by atoms with Gasteiger partial charge in [-0.2, -0.15) is 5.26 Å². The fourth-order valence-corrected chi connectivity index (χ4v) is 5.57. The number of allylic oxidation sites excluding steroid dienone is 2. The van der Waals surface area contributed by atoms with Crippen LogP contribution in [0.5, 0.6) is 11.5 Å². The first-order valence-corrected chi connectivity index (χ1v) is 17.9. The van der Waals surface area contributed by atoms with Crippen molar-refractivity contribution in [3.63, 3.8) is 0 Å². The summed E-state index contributed by atoms with van der Waals surface area (Å²) in [7, 11) is -2.23. The molecule has 0 fully saturated rings. The van der Waals surface area contributed by atoms with Gasteiger partial charge in [-0.15, -0.1) is 0 Å². The van der Waals surface area contributed by atoms with Crippen LogP contribution in [0.4, 0.5) is 0 Å². The van der Waals surface area contributed by atoms with Crippen LogP contribution in [0.3, 0.4) is 0 Å². The smallest absolute Gasteiger partial charge is 0.342 e. The minimum Gasteiger partial charge on any atom is -0.496 e. The summed E-state index contributed by atoms with van der Waals surface area (Å²) in [6.45, 7) is 14.9. The highest BCUT2D eigenvalue weighted by molar-refractivity contribution is 7.63. The monoisotopic (exact) mass is 491 g/mol. The zero-order valence-corrected chi connectivity index (χ0v) is 23.2. The Balaban J connectivity index is 2.51. The summed E-state index contributed by atoms with van der Waals surface area (Å²) in [5.41, 5.74) is 3.59. The third-order valence-corrected chi connectivity index (χ3v) is 9.63. The Kier molecular flexibility index (Phi) is 9.01. The van der Waals surface area contributed by atoms with Crippen LogP contribution < -0.4 is 9.47 Å². The number of nitrogens with zero attached hydrogens (tertiary/aromatic N) is 1. The number of carbonyl (C=O) groups excluding carboxylic acids is 1. The number of benzene rings is 1. The zero-order valence-electron chi connectivity index (χ0n) is 21.3. The zero-order chi connectivity index (χ0) is 25.0. The van der Waals surface area contributed by atoms with Crippen LogP contribution in [0, 0.1) is 18.3 Å². The number of hydrogen-bond acceptors (Lipinski definition) is 6. The molecule has 0 amide bonds. The lowest BCUT2D eigenvalue weighted by Crippen LogP contribution is -2.23. The summed E-state index contributed by atoms with van der Waals surface area (Å²) in [6, 6.07) is 3.19. The van der Waals surface area contributed by atoms with E-state index in [-0.39, 0.29) is 12.6 Å². The van der Waals surface area contributed by atoms with Gasteiger partial charge in [-0.3, -0.25) is 0 Å². The minimum absolute atomic E-state index is 0.225. The van der Waals surface area contributed by atoms with Gasteiger partial charge in [-0.05, 0) is 51.1 Å². The quantitative estimate of drug-likeness (QED) is 0.159. The third-order valence-electron chi connectivity index (χ3n) is 6.13. The first-order chi connectivity index (χ1) is 15.3. The Bertz CT molecular complexity index is 1010. The lowest BCUT2D eigenvalue weighted by atomic mass is 9.94. The maximum Gasteiger partial charge on any atom is 0.342 e. The van der Waals surface area contributed by atoms with Crippen LogP contribution in [0.25, 0.3) is 0 Å². The summed E-state index contributed by atoms with van der Waals surface area (Å²) < 4.78 is 29.9. The normalized spacial score (nSPS) is 15.0. The van der Waals surface area contributed by atoms with Crippen LogP contribution in [-0.4, -0.2) is 46.7 Å². The number of carbonyl (C=O) groups is 1. The minimum atomic E-state index is -2.53. The third kappa shape index (κ3) is 6.74. The molecule has 0 aliphatic carbocycles. The molecule has 1 aliphatic rings. The topological polar surface area (TPSA) is 85.6 Å². The van der Waals surface area contributed by atoms with Crippen molar-refractivity contribution in [2.45, 2.75) is 71.1 Å². The number of hydrogen-bond donors (Lipinski definition) is 0. The van der Waals surface area contributed by atoms with Gasteiger partial charge in [0, 0.05) is 19.2 Å². The molecule has 2 rings (SSSR count). The molecule has 1 unspecified atom stereocenters. The molecule has 1 aromatic carbocycles. The predicted octanol–water partition coefficient (Wildman–Crippen LogP) is 6.17. The van der Waals surface area contributed by atoms with Crippen LogP contribution in [-0.2, 0) is 22.3 Å². The van der Waals surface area contributed by atoms with Gasteiger partial charge in [0.15, 0.2) is 0 Å². The fourth-order valence-electron chi connectivity index (χ4n) is 3.90. The molecule has 1 aromatic rings. The Hall–Kier alpha value is -2.03. The SMILES string of the molecule is CC/C(=C\Cc1c(OC)c(C)c2c(c1OCC[Si](C)(C)C)C(=O)OC2)CC(C#N)P(C)(C)=O. The molecule has 1 atom stereocenters. The highest BCUT2D eigenvalue weighted by Crippen LogP contribution is 2.46. The van der Waals surface area contributed by atoms with E-state index in [1.54, 1.807) is 20.4 Å². The van der Waals surface area contributed by atoms with Crippen molar-refractivity contribution in [3.05, 3.63) is 33.9 Å². The van der Waals surface area contributed by atoms with Crippen LogP contribution in [0.15, 0.2) is 11.6 Å². The van der Waals surface area contributed by atoms with Crippen LogP contribution in [0.2, 0.25) is 25.7 Å². The number of nitriles is 1. The summed E-state index contributed by atoms with van der Waals surface area (Å²) in [5, 5.41) is 9.51. The van der Waals surface area contributed by atoms with Gasteiger partial charge in [0.2, 0.25) is 0 Å². The predicted molar refractivity (Wildman–Crippen MR) is 136 cm³/mol. The molecule has 6 nitrogen and oxygen atoms in total. The van der Waals surface area contributed by atoms with Crippen molar-refractivity contribution >= 4 is 21.2 Å². The molecular weight excluding hydrogens is 453 g/mol. The summed E-state index contributed by atoms with van der Waals surface area (Å²) in [4.78, 5) is 12.6. The number of esters is 1. The molecule has 0 saturated heterocycles. The molecular formula is C25H38NO5PSi. The van der Waals surface area contributed by atoms with E-state index in [0.717, 1.165) is 34.7 Å². The molecule has 1 aliphatic heterocycles.